The van der Waals surface area contributed by atoms with Crippen molar-refractivity contribution in [1.29, 1.82) is 0 Å². The molecule has 1 aromatic carbocycles. The number of nitrogens with two attached hydrogens (primary N) is 1. The van der Waals surface area contributed by atoms with Gasteiger partial charge < -0.3 is 5.73 Å². The summed E-state index contributed by atoms with van der Waals surface area (Å²) in [4.78, 5) is 0. The van der Waals surface area contributed by atoms with E-state index in [1.165, 1.54) is 5.56 Å². The molecule has 0 aliphatic heterocycles. The summed E-state index contributed by atoms with van der Waals surface area (Å²) < 4.78 is 0. The molecule has 0 amide bonds. The lowest BCUT2D eigenvalue weighted by atomic mass is 10.1. The Morgan fingerprint density at radius 1 is 1.45 bits per heavy atom. The fourth-order valence-electron chi connectivity index (χ4n) is 1.06. The molecule has 1 aromatic rings. The van der Waals surface area contributed by atoms with Crippen LogP contribution < -0.4 is 5.73 Å². The van der Waals surface area contributed by atoms with Gasteiger partial charge in [-0.25, -0.2) is 0 Å². The van der Waals surface area contributed by atoms with Crippen LogP contribution in [0.25, 0.3) is 0 Å². The Kier molecular flexibility index (Phi) is 2.45. The van der Waals surface area contributed by atoms with Crippen LogP contribution in [0.2, 0.25) is 0 Å². The Bertz CT molecular complexity index is 256. The van der Waals surface area contributed by atoms with E-state index in [2.05, 4.69) is 25.6 Å². The van der Waals surface area contributed by atoms with Crippen LogP contribution in [0.15, 0.2) is 18.2 Å². The van der Waals surface area contributed by atoms with E-state index in [4.69, 9.17) is 5.73 Å². The molecule has 0 bridgehead atoms. The third-order valence-corrected chi connectivity index (χ3v) is 1.97. The SMILES string of the molecule is Cc1ccc(N)c(C(C)S)c1. The van der Waals surface area contributed by atoms with Crippen LogP contribution in [0.3, 0.4) is 0 Å². The predicted molar refractivity (Wildman–Crippen MR) is 53.0 cm³/mol. The van der Waals surface area contributed by atoms with Gasteiger partial charge in [-0.15, -0.1) is 0 Å². The van der Waals surface area contributed by atoms with Crippen molar-refractivity contribution in [3.05, 3.63) is 29.3 Å². The van der Waals surface area contributed by atoms with Gasteiger partial charge in [0, 0.05) is 10.9 Å². The van der Waals surface area contributed by atoms with E-state index >= 15 is 0 Å². The van der Waals surface area contributed by atoms with Crippen LogP contribution in [-0.2, 0) is 0 Å². The molecule has 0 saturated carbocycles. The first-order valence-corrected chi connectivity index (χ1v) is 4.17. The van der Waals surface area contributed by atoms with Crippen molar-refractivity contribution < 1.29 is 0 Å². The highest BCUT2D eigenvalue weighted by Gasteiger charge is 2.03. The number of rotatable bonds is 1. The summed E-state index contributed by atoms with van der Waals surface area (Å²) in [5.41, 5.74) is 8.92. The molecule has 0 fully saturated rings. The van der Waals surface area contributed by atoms with Crippen molar-refractivity contribution in [2.75, 3.05) is 5.73 Å². The Labute approximate surface area is 73.0 Å². The summed E-state index contributed by atoms with van der Waals surface area (Å²) in [6.45, 7) is 4.08. The fourth-order valence-corrected chi connectivity index (χ4v) is 1.28. The molecule has 0 saturated heterocycles. The predicted octanol–water partition coefficient (Wildman–Crippen LogP) is 2.57. The van der Waals surface area contributed by atoms with E-state index in [1.54, 1.807) is 0 Å². The normalized spacial score (nSPS) is 13.0. The topological polar surface area (TPSA) is 26.0 Å². The second-order valence-electron chi connectivity index (χ2n) is 2.81. The van der Waals surface area contributed by atoms with Crippen molar-refractivity contribution in [2.45, 2.75) is 19.1 Å². The molecule has 0 spiro atoms. The number of thiol groups is 1. The Morgan fingerprint density at radius 3 is 2.55 bits per heavy atom. The standard InChI is InChI=1S/C9H13NS/c1-6-3-4-9(10)8(5-6)7(2)11/h3-5,7,11H,10H2,1-2H3. The van der Waals surface area contributed by atoms with Gasteiger partial charge in [-0.2, -0.15) is 12.6 Å². The monoisotopic (exact) mass is 167 g/mol. The van der Waals surface area contributed by atoms with Gasteiger partial charge in [0.25, 0.3) is 0 Å². The lowest BCUT2D eigenvalue weighted by Crippen LogP contribution is -1.94. The van der Waals surface area contributed by atoms with Crippen molar-refractivity contribution >= 4 is 18.3 Å². The summed E-state index contributed by atoms with van der Waals surface area (Å²) in [6.07, 6.45) is 0. The second kappa shape index (κ2) is 3.18. The fraction of sp³-hybridized carbons (Fsp3) is 0.333. The summed E-state index contributed by atoms with van der Waals surface area (Å²) >= 11 is 4.32. The maximum absolute atomic E-state index is 5.74. The minimum Gasteiger partial charge on any atom is -0.398 e. The Hall–Kier alpha value is -0.630. The van der Waals surface area contributed by atoms with Crippen LogP contribution in [0.1, 0.15) is 23.3 Å². The maximum atomic E-state index is 5.74. The highest BCUT2D eigenvalue weighted by molar-refractivity contribution is 7.80. The molecule has 0 aliphatic carbocycles. The Morgan fingerprint density at radius 2 is 2.09 bits per heavy atom. The summed E-state index contributed by atoms with van der Waals surface area (Å²) in [5, 5.41) is 0.217. The van der Waals surface area contributed by atoms with Crippen LogP contribution in [0.4, 0.5) is 5.69 Å². The lowest BCUT2D eigenvalue weighted by molar-refractivity contribution is 1.11. The molecule has 0 aromatic heterocycles. The van der Waals surface area contributed by atoms with Crippen LogP contribution in [-0.4, -0.2) is 0 Å². The molecule has 11 heavy (non-hydrogen) atoms. The quantitative estimate of drug-likeness (QED) is 0.488. The highest BCUT2D eigenvalue weighted by atomic mass is 32.1. The first-order chi connectivity index (χ1) is 5.11. The first-order valence-electron chi connectivity index (χ1n) is 3.65. The zero-order valence-corrected chi connectivity index (χ0v) is 7.73. The summed E-state index contributed by atoms with van der Waals surface area (Å²) in [7, 11) is 0. The third-order valence-electron chi connectivity index (χ3n) is 1.69. The van der Waals surface area contributed by atoms with E-state index in [0.29, 0.717) is 0 Å². The number of aryl methyl sites for hydroxylation is 1. The van der Waals surface area contributed by atoms with Gasteiger partial charge >= 0.3 is 0 Å². The maximum Gasteiger partial charge on any atom is 0.0357 e. The molecule has 2 heteroatoms. The van der Waals surface area contributed by atoms with E-state index in [9.17, 15) is 0 Å². The molecule has 1 atom stereocenters. The average Bonchev–Trinajstić information content (AvgIpc) is 1.94. The first kappa shape index (κ1) is 8.47. The zero-order valence-electron chi connectivity index (χ0n) is 6.83. The highest BCUT2D eigenvalue weighted by Crippen LogP contribution is 2.25. The van der Waals surface area contributed by atoms with Crippen molar-refractivity contribution in [2.24, 2.45) is 0 Å². The minimum absolute atomic E-state index is 0.217. The summed E-state index contributed by atoms with van der Waals surface area (Å²) in [6, 6.07) is 6.01. The van der Waals surface area contributed by atoms with Crippen LogP contribution in [0, 0.1) is 6.92 Å². The summed E-state index contributed by atoms with van der Waals surface area (Å²) in [5.74, 6) is 0. The van der Waals surface area contributed by atoms with Gasteiger partial charge in [-0.3, -0.25) is 0 Å². The minimum atomic E-state index is 0.217. The molecule has 60 valence electrons. The Balaban J connectivity index is 3.13. The molecule has 1 nitrogen and oxygen atoms in total. The third kappa shape index (κ3) is 1.90. The van der Waals surface area contributed by atoms with Gasteiger partial charge in [0.15, 0.2) is 0 Å². The average molecular weight is 167 g/mol. The van der Waals surface area contributed by atoms with Crippen LogP contribution in [0.5, 0.6) is 0 Å². The number of hydrogen-bond donors (Lipinski definition) is 2. The smallest absolute Gasteiger partial charge is 0.0357 e. The number of benzene rings is 1. The number of hydrogen-bond acceptors (Lipinski definition) is 2. The van der Waals surface area contributed by atoms with Gasteiger partial charge in [-0.05, 0) is 25.5 Å². The molecular formula is C9H13NS. The van der Waals surface area contributed by atoms with Gasteiger partial charge in [0.1, 0.15) is 0 Å². The largest absolute Gasteiger partial charge is 0.398 e. The van der Waals surface area contributed by atoms with E-state index in [0.717, 1.165) is 11.3 Å². The molecule has 0 heterocycles. The van der Waals surface area contributed by atoms with E-state index in [-0.39, 0.29) is 5.25 Å². The van der Waals surface area contributed by atoms with E-state index < -0.39 is 0 Å². The molecule has 1 unspecified atom stereocenters. The van der Waals surface area contributed by atoms with Crippen molar-refractivity contribution in [3.63, 3.8) is 0 Å². The van der Waals surface area contributed by atoms with Crippen molar-refractivity contribution in [3.8, 4) is 0 Å². The molecule has 0 radical (unpaired) electrons. The van der Waals surface area contributed by atoms with Gasteiger partial charge in [0.2, 0.25) is 0 Å². The second-order valence-corrected chi connectivity index (χ2v) is 3.58. The lowest BCUT2D eigenvalue weighted by Gasteiger charge is -2.08. The zero-order chi connectivity index (χ0) is 8.43. The van der Waals surface area contributed by atoms with E-state index in [1.807, 2.05) is 19.1 Å². The molecular weight excluding hydrogens is 154 g/mol. The molecule has 0 aliphatic rings. The van der Waals surface area contributed by atoms with Gasteiger partial charge in [-0.1, -0.05) is 17.7 Å². The van der Waals surface area contributed by atoms with Gasteiger partial charge in [0.05, 0.1) is 0 Å². The molecule has 1 rings (SSSR count). The number of anilines is 1. The van der Waals surface area contributed by atoms with Crippen molar-refractivity contribution in [1.82, 2.24) is 0 Å². The molecule has 2 N–H and O–H groups in total. The number of nitrogen functional groups attached to an aromatic ring is 1. The van der Waals surface area contributed by atoms with Crippen LogP contribution >= 0.6 is 12.6 Å².